The average molecular weight is 324 g/mol. The van der Waals surface area contributed by atoms with E-state index in [1.807, 2.05) is 0 Å². The summed E-state index contributed by atoms with van der Waals surface area (Å²) < 4.78 is 2.36. The number of halogens is 2. The Balaban J connectivity index is 2.43. The highest BCUT2D eigenvalue weighted by molar-refractivity contribution is 9.11. The summed E-state index contributed by atoms with van der Waals surface area (Å²) in [4.78, 5) is 0. The molecule has 0 aliphatic carbocycles. The van der Waals surface area contributed by atoms with Gasteiger partial charge in [-0.15, -0.1) is 22.7 Å². The highest BCUT2D eigenvalue weighted by atomic mass is 79.9. The van der Waals surface area contributed by atoms with E-state index in [1.165, 1.54) is 18.7 Å². The van der Waals surface area contributed by atoms with Crippen LogP contribution >= 0.6 is 54.5 Å². The van der Waals surface area contributed by atoms with Gasteiger partial charge in [-0.05, 0) is 65.9 Å². The fourth-order valence-electron chi connectivity index (χ4n) is 0.923. The van der Waals surface area contributed by atoms with Gasteiger partial charge in [-0.3, -0.25) is 0 Å². The summed E-state index contributed by atoms with van der Waals surface area (Å²) in [5.41, 5.74) is 2.57. The van der Waals surface area contributed by atoms with E-state index < -0.39 is 0 Å². The van der Waals surface area contributed by atoms with Gasteiger partial charge in [0.05, 0.1) is 7.57 Å². The lowest BCUT2D eigenvalue weighted by molar-refractivity contribution is 1.81. The van der Waals surface area contributed by atoms with Gasteiger partial charge in [-0.25, -0.2) is 0 Å². The van der Waals surface area contributed by atoms with Gasteiger partial charge >= 0.3 is 0 Å². The lowest BCUT2D eigenvalue weighted by atomic mass is 10.2. The molecule has 0 N–H and O–H groups in total. The van der Waals surface area contributed by atoms with Gasteiger partial charge in [-0.1, -0.05) is 0 Å². The maximum atomic E-state index is 3.45. The summed E-state index contributed by atoms with van der Waals surface area (Å²) in [6.45, 7) is 0. The lowest BCUT2D eigenvalue weighted by Crippen LogP contribution is -1.62. The lowest BCUT2D eigenvalue weighted by Gasteiger charge is -1.86. The van der Waals surface area contributed by atoms with Crippen molar-refractivity contribution in [2.75, 3.05) is 0 Å². The second-order valence-corrected chi connectivity index (χ2v) is 6.86. The molecular formula is C8H4Br2S2. The predicted octanol–water partition coefficient (Wildman–Crippen LogP) is 5.00. The van der Waals surface area contributed by atoms with Crippen LogP contribution in [0, 0.1) is 0 Å². The molecule has 0 spiro atoms. The van der Waals surface area contributed by atoms with Crippen LogP contribution in [0.5, 0.6) is 0 Å². The summed E-state index contributed by atoms with van der Waals surface area (Å²) in [6.07, 6.45) is 0. The van der Waals surface area contributed by atoms with E-state index in [4.69, 9.17) is 0 Å². The molecule has 0 unspecified atom stereocenters. The number of thiophene rings is 2. The van der Waals surface area contributed by atoms with Gasteiger partial charge < -0.3 is 0 Å². The molecule has 0 fully saturated rings. The van der Waals surface area contributed by atoms with Crippen molar-refractivity contribution < 1.29 is 0 Å². The quantitative estimate of drug-likeness (QED) is 0.692. The molecule has 0 aliphatic heterocycles. The van der Waals surface area contributed by atoms with E-state index in [9.17, 15) is 0 Å². The molecule has 0 saturated heterocycles. The van der Waals surface area contributed by atoms with Crippen molar-refractivity contribution in [3.63, 3.8) is 0 Å². The van der Waals surface area contributed by atoms with Crippen LogP contribution in [-0.2, 0) is 0 Å². The highest BCUT2D eigenvalue weighted by Crippen LogP contribution is 2.33. The molecule has 2 heterocycles. The van der Waals surface area contributed by atoms with Crippen molar-refractivity contribution >= 4 is 54.5 Å². The molecule has 2 aromatic heterocycles. The summed E-state index contributed by atoms with van der Waals surface area (Å²) >= 11 is 10.3. The molecule has 0 nitrogen and oxygen atoms in total. The van der Waals surface area contributed by atoms with Gasteiger partial charge in [0.1, 0.15) is 0 Å². The fraction of sp³-hybridized carbons (Fsp3) is 0. The molecule has 4 heteroatoms. The van der Waals surface area contributed by atoms with Crippen LogP contribution in [0.4, 0.5) is 0 Å². The summed E-state index contributed by atoms with van der Waals surface area (Å²) in [7, 11) is 0. The summed E-state index contributed by atoms with van der Waals surface area (Å²) in [5, 5.41) is 4.30. The van der Waals surface area contributed by atoms with E-state index in [2.05, 4.69) is 54.8 Å². The molecular weight excluding hydrogens is 320 g/mol. The predicted molar refractivity (Wildman–Crippen MR) is 63.0 cm³/mol. The van der Waals surface area contributed by atoms with Gasteiger partial charge in [0.25, 0.3) is 0 Å². The zero-order valence-corrected chi connectivity index (χ0v) is 10.7. The van der Waals surface area contributed by atoms with Crippen molar-refractivity contribution in [3.05, 3.63) is 30.5 Å². The third-order valence-corrected chi connectivity index (χ3v) is 4.48. The zero-order chi connectivity index (χ0) is 8.55. The van der Waals surface area contributed by atoms with Crippen LogP contribution in [0.1, 0.15) is 0 Å². The number of rotatable bonds is 1. The minimum atomic E-state index is 1.18. The summed E-state index contributed by atoms with van der Waals surface area (Å²) in [6, 6.07) is 4.28. The Morgan fingerprint density at radius 1 is 0.833 bits per heavy atom. The molecule has 0 atom stereocenters. The van der Waals surface area contributed by atoms with E-state index in [0.717, 1.165) is 0 Å². The van der Waals surface area contributed by atoms with Crippen LogP contribution in [-0.4, -0.2) is 0 Å². The molecule has 0 aromatic carbocycles. The Bertz CT molecular complexity index is 351. The third kappa shape index (κ3) is 1.82. The fourth-order valence-corrected chi connectivity index (χ4v) is 3.25. The van der Waals surface area contributed by atoms with Crippen molar-refractivity contribution in [1.29, 1.82) is 0 Å². The zero-order valence-electron chi connectivity index (χ0n) is 5.88. The minimum Gasteiger partial charge on any atom is -0.136 e. The van der Waals surface area contributed by atoms with Crippen LogP contribution in [0.2, 0.25) is 0 Å². The molecule has 2 aromatic rings. The summed E-state index contributed by atoms with van der Waals surface area (Å²) in [5.74, 6) is 0. The maximum Gasteiger partial charge on any atom is 0.0704 e. The van der Waals surface area contributed by atoms with Crippen LogP contribution in [0.15, 0.2) is 30.5 Å². The smallest absolute Gasteiger partial charge is 0.0704 e. The first-order chi connectivity index (χ1) is 5.75. The third-order valence-electron chi connectivity index (χ3n) is 1.47. The minimum absolute atomic E-state index is 1.18. The van der Waals surface area contributed by atoms with Gasteiger partial charge in [-0.2, -0.15) is 0 Å². The van der Waals surface area contributed by atoms with Crippen molar-refractivity contribution in [2.24, 2.45) is 0 Å². The Labute approximate surface area is 95.5 Å². The average Bonchev–Trinajstić information content (AvgIpc) is 2.58. The van der Waals surface area contributed by atoms with Crippen molar-refractivity contribution in [2.45, 2.75) is 0 Å². The van der Waals surface area contributed by atoms with Gasteiger partial charge in [0.15, 0.2) is 0 Å². The van der Waals surface area contributed by atoms with Crippen LogP contribution in [0.3, 0.4) is 0 Å². The second kappa shape index (κ2) is 3.62. The van der Waals surface area contributed by atoms with Gasteiger partial charge in [0.2, 0.25) is 0 Å². The molecule has 2 rings (SSSR count). The molecule has 0 aliphatic rings. The van der Waals surface area contributed by atoms with Gasteiger partial charge in [0, 0.05) is 0 Å². The molecule has 0 radical (unpaired) electrons. The molecule has 12 heavy (non-hydrogen) atoms. The van der Waals surface area contributed by atoms with E-state index in [-0.39, 0.29) is 0 Å². The maximum absolute atomic E-state index is 3.45. The Kier molecular flexibility index (Phi) is 2.69. The number of hydrogen-bond acceptors (Lipinski definition) is 2. The monoisotopic (exact) mass is 322 g/mol. The second-order valence-electron chi connectivity index (χ2n) is 2.28. The molecule has 0 amide bonds. The largest absolute Gasteiger partial charge is 0.136 e. The topological polar surface area (TPSA) is 0 Å². The number of hydrogen-bond donors (Lipinski definition) is 0. The Morgan fingerprint density at radius 3 is 1.50 bits per heavy atom. The molecule has 0 bridgehead atoms. The van der Waals surface area contributed by atoms with E-state index in [1.54, 1.807) is 22.7 Å². The Hall–Kier alpha value is 0.360. The van der Waals surface area contributed by atoms with E-state index >= 15 is 0 Å². The van der Waals surface area contributed by atoms with Crippen LogP contribution < -0.4 is 0 Å². The molecule has 62 valence electrons. The first kappa shape index (κ1) is 8.94. The first-order valence-corrected chi connectivity index (χ1v) is 6.58. The SMILES string of the molecule is Brc1cc(-c2csc(Br)c2)cs1. The highest BCUT2D eigenvalue weighted by Gasteiger charge is 2.02. The van der Waals surface area contributed by atoms with Crippen molar-refractivity contribution in [3.8, 4) is 11.1 Å². The normalized spacial score (nSPS) is 10.5. The standard InChI is InChI=1S/C8H4Br2S2/c9-7-1-5(3-11-7)6-2-8(10)12-4-6/h1-4H. The van der Waals surface area contributed by atoms with Crippen molar-refractivity contribution in [1.82, 2.24) is 0 Å². The van der Waals surface area contributed by atoms with E-state index in [0.29, 0.717) is 0 Å². The van der Waals surface area contributed by atoms with Crippen LogP contribution in [0.25, 0.3) is 11.1 Å². The first-order valence-electron chi connectivity index (χ1n) is 3.24. The Morgan fingerprint density at radius 2 is 1.25 bits per heavy atom. The molecule has 0 saturated carbocycles.